The maximum atomic E-state index is 12.1. The first-order valence-corrected chi connectivity index (χ1v) is 7.85. The molecule has 0 aliphatic heterocycles. The number of ether oxygens (including phenoxy) is 2. The molecule has 1 aromatic rings. The lowest BCUT2D eigenvalue weighted by Crippen LogP contribution is -2.13. The van der Waals surface area contributed by atoms with E-state index in [0.717, 1.165) is 0 Å². The van der Waals surface area contributed by atoms with Crippen LogP contribution in [0.4, 0.5) is 5.69 Å². The Morgan fingerprint density at radius 3 is 2.63 bits per heavy atom. The number of rotatable bonds is 8. The number of methoxy groups -OCH3 is 1. The average Bonchev–Trinajstić information content (AvgIpc) is 2.33. The van der Waals surface area contributed by atoms with Crippen LogP contribution in [-0.2, 0) is 19.3 Å². The highest BCUT2D eigenvalue weighted by Gasteiger charge is 2.20. The summed E-state index contributed by atoms with van der Waals surface area (Å²) in [6.45, 7) is 1.29. The number of benzene rings is 1. The fourth-order valence-electron chi connectivity index (χ4n) is 1.55. The SMILES string of the molecule is COCCOCCCS(=O)(=O)c1c(N)cccc1Cl. The Morgan fingerprint density at radius 2 is 2.00 bits per heavy atom. The molecule has 5 nitrogen and oxygen atoms in total. The van der Waals surface area contributed by atoms with Crippen LogP contribution in [0.5, 0.6) is 0 Å². The molecule has 0 spiro atoms. The van der Waals surface area contributed by atoms with Gasteiger partial charge in [0.05, 0.1) is 29.7 Å². The van der Waals surface area contributed by atoms with Crippen LogP contribution in [0.25, 0.3) is 0 Å². The molecule has 0 amide bonds. The number of hydrogen-bond acceptors (Lipinski definition) is 5. The second kappa shape index (κ2) is 7.69. The lowest BCUT2D eigenvalue weighted by atomic mass is 10.3. The van der Waals surface area contributed by atoms with E-state index in [4.69, 9.17) is 26.8 Å². The van der Waals surface area contributed by atoms with E-state index in [1.807, 2.05) is 0 Å². The molecule has 0 aliphatic carbocycles. The Balaban J connectivity index is 2.57. The molecule has 0 aromatic heterocycles. The first-order chi connectivity index (χ1) is 8.99. The minimum absolute atomic E-state index is 0.00792. The standard InChI is InChI=1S/C12H18ClNO4S/c1-17-7-8-18-6-3-9-19(15,16)12-10(13)4-2-5-11(12)14/h2,4-5H,3,6-9,14H2,1H3. The van der Waals surface area contributed by atoms with Gasteiger partial charge in [-0.2, -0.15) is 0 Å². The van der Waals surface area contributed by atoms with Crippen LogP contribution in [0.2, 0.25) is 5.02 Å². The van der Waals surface area contributed by atoms with Crippen LogP contribution < -0.4 is 5.73 Å². The molecule has 19 heavy (non-hydrogen) atoms. The zero-order valence-electron chi connectivity index (χ0n) is 10.8. The van der Waals surface area contributed by atoms with Gasteiger partial charge in [-0.05, 0) is 18.6 Å². The summed E-state index contributed by atoms with van der Waals surface area (Å²) < 4.78 is 34.3. The van der Waals surface area contributed by atoms with E-state index < -0.39 is 9.84 Å². The molecule has 0 heterocycles. The Labute approximate surface area is 118 Å². The molecule has 7 heteroatoms. The predicted molar refractivity (Wildman–Crippen MR) is 75.2 cm³/mol. The van der Waals surface area contributed by atoms with Crippen molar-refractivity contribution in [2.75, 3.05) is 38.4 Å². The van der Waals surface area contributed by atoms with E-state index in [1.54, 1.807) is 13.2 Å². The van der Waals surface area contributed by atoms with Gasteiger partial charge in [-0.15, -0.1) is 0 Å². The molecule has 0 saturated heterocycles. The molecule has 1 rings (SSSR count). The van der Waals surface area contributed by atoms with Gasteiger partial charge in [0, 0.05) is 13.7 Å². The largest absolute Gasteiger partial charge is 0.398 e. The van der Waals surface area contributed by atoms with Crippen molar-refractivity contribution in [3.05, 3.63) is 23.2 Å². The summed E-state index contributed by atoms with van der Waals surface area (Å²) in [7, 11) is -1.91. The van der Waals surface area contributed by atoms with E-state index in [9.17, 15) is 8.42 Å². The number of hydrogen-bond donors (Lipinski definition) is 1. The third-order valence-corrected chi connectivity index (χ3v) is 4.77. The van der Waals surface area contributed by atoms with Crippen molar-refractivity contribution in [3.63, 3.8) is 0 Å². The highest BCUT2D eigenvalue weighted by Crippen LogP contribution is 2.28. The van der Waals surface area contributed by atoms with Crippen molar-refractivity contribution in [1.29, 1.82) is 0 Å². The van der Waals surface area contributed by atoms with Crippen LogP contribution in [0, 0.1) is 0 Å². The van der Waals surface area contributed by atoms with Gasteiger partial charge in [0.2, 0.25) is 0 Å². The topological polar surface area (TPSA) is 78.6 Å². The maximum Gasteiger partial charge on any atom is 0.181 e. The second-order valence-corrected chi connectivity index (χ2v) is 6.39. The smallest absolute Gasteiger partial charge is 0.181 e. The van der Waals surface area contributed by atoms with E-state index in [1.165, 1.54) is 12.1 Å². The summed E-state index contributed by atoms with van der Waals surface area (Å²) in [5, 5.41) is 0.153. The van der Waals surface area contributed by atoms with Gasteiger partial charge in [-0.1, -0.05) is 17.7 Å². The summed E-state index contributed by atoms with van der Waals surface area (Å²) in [6, 6.07) is 4.65. The molecule has 0 saturated carbocycles. The minimum Gasteiger partial charge on any atom is -0.398 e. The summed E-state index contributed by atoms with van der Waals surface area (Å²) in [4.78, 5) is 0.00792. The second-order valence-electron chi connectivity index (χ2n) is 3.94. The van der Waals surface area contributed by atoms with E-state index in [2.05, 4.69) is 0 Å². The van der Waals surface area contributed by atoms with Crippen molar-refractivity contribution in [1.82, 2.24) is 0 Å². The van der Waals surface area contributed by atoms with Crippen molar-refractivity contribution in [2.45, 2.75) is 11.3 Å². The van der Waals surface area contributed by atoms with Gasteiger partial charge in [0.15, 0.2) is 9.84 Å². The van der Waals surface area contributed by atoms with Crippen LogP contribution in [0.3, 0.4) is 0 Å². The molecule has 0 atom stereocenters. The number of nitrogens with two attached hydrogens (primary N) is 1. The summed E-state index contributed by atoms with van der Waals surface area (Å²) in [5.41, 5.74) is 5.84. The van der Waals surface area contributed by atoms with Gasteiger partial charge < -0.3 is 15.2 Å². The van der Waals surface area contributed by atoms with E-state index in [-0.39, 0.29) is 21.4 Å². The number of sulfone groups is 1. The lowest BCUT2D eigenvalue weighted by Gasteiger charge is -2.09. The zero-order chi connectivity index (χ0) is 14.3. The Morgan fingerprint density at radius 1 is 1.26 bits per heavy atom. The molecule has 0 fully saturated rings. The van der Waals surface area contributed by atoms with Crippen LogP contribution in [0.15, 0.2) is 23.1 Å². The highest BCUT2D eigenvalue weighted by molar-refractivity contribution is 7.91. The molecule has 0 unspecified atom stereocenters. The highest BCUT2D eigenvalue weighted by atomic mass is 35.5. The molecule has 2 N–H and O–H groups in total. The number of anilines is 1. The third kappa shape index (κ3) is 4.99. The van der Waals surface area contributed by atoms with Crippen LogP contribution in [-0.4, -0.2) is 41.1 Å². The molecule has 0 radical (unpaired) electrons. The van der Waals surface area contributed by atoms with E-state index in [0.29, 0.717) is 26.2 Å². The quantitative estimate of drug-likeness (QED) is 0.585. The fourth-order valence-corrected chi connectivity index (χ4v) is 3.58. The molecule has 0 bridgehead atoms. The molecule has 1 aromatic carbocycles. The Kier molecular flexibility index (Phi) is 6.57. The molecular formula is C12H18ClNO4S. The van der Waals surface area contributed by atoms with Gasteiger partial charge in [0.25, 0.3) is 0 Å². The van der Waals surface area contributed by atoms with Crippen molar-refractivity contribution >= 4 is 27.1 Å². The Hall–Kier alpha value is -0.820. The predicted octanol–water partition coefficient (Wildman–Crippen LogP) is 1.75. The summed E-state index contributed by atoms with van der Waals surface area (Å²) in [5.74, 6) is -0.0477. The molecule has 108 valence electrons. The lowest BCUT2D eigenvalue weighted by molar-refractivity contribution is 0.0712. The average molecular weight is 308 g/mol. The van der Waals surface area contributed by atoms with Gasteiger partial charge in [0.1, 0.15) is 4.90 Å². The normalized spacial score (nSPS) is 11.7. The first kappa shape index (κ1) is 16.2. The maximum absolute atomic E-state index is 12.1. The van der Waals surface area contributed by atoms with Gasteiger partial charge in [-0.25, -0.2) is 8.42 Å². The zero-order valence-corrected chi connectivity index (χ0v) is 12.3. The minimum atomic E-state index is -3.48. The molecule has 0 aliphatic rings. The van der Waals surface area contributed by atoms with Crippen molar-refractivity contribution in [2.24, 2.45) is 0 Å². The number of nitrogen functional groups attached to an aromatic ring is 1. The summed E-state index contributed by atoms with van der Waals surface area (Å²) >= 11 is 5.89. The van der Waals surface area contributed by atoms with Crippen LogP contribution in [0.1, 0.15) is 6.42 Å². The first-order valence-electron chi connectivity index (χ1n) is 5.82. The van der Waals surface area contributed by atoms with E-state index >= 15 is 0 Å². The Bertz CT molecular complexity index is 484. The van der Waals surface area contributed by atoms with Crippen LogP contribution >= 0.6 is 11.6 Å². The monoisotopic (exact) mass is 307 g/mol. The number of halogens is 1. The third-order valence-electron chi connectivity index (χ3n) is 2.44. The molecular weight excluding hydrogens is 290 g/mol. The summed E-state index contributed by atoms with van der Waals surface area (Å²) in [6.07, 6.45) is 0.386. The van der Waals surface area contributed by atoms with Crippen molar-refractivity contribution < 1.29 is 17.9 Å². The van der Waals surface area contributed by atoms with Gasteiger partial charge in [-0.3, -0.25) is 0 Å². The fraction of sp³-hybridized carbons (Fsp3) is 0.500. The van der Waals surface area contributed by atoms with Gasteiger partial charge >= 0.3 is 0 Å². The van der Waals surface area contributed by atoms with Crippen molar-refractivity contribution in [3.8, 4) is 0 Å².